The van der Waals surface area contributed by atoms with Gasteiger partial charge < -0.3 is 10.4 Å². The van der Waals surface area contributed by atoms with Crippen LogP contribution in [0.4, 0.5) is 11.4 Å². The van der Waals surface area contributed by atoms with Crippen molar-refractivity contribution in [2.24, 2.45) is 5.92 Å². The van der Waals surface area contributed by atoms with Crippen LogP contribution in [0.15, 0.2) is 18.2 Å². The molecule has 0 saturated carbocycles. The molecule has 0 aromatic heterocycles. The normalized spacial score (nSPS) is 14.2. The highest BCUT2D eigenvalue weighted by Crippen LogP contribution is 2.28. The van der Waals surface area contributed by atoms with Crippen LogP contribution in [0.3, 0.4) is 0 Å². The molecule has 2 N–H and O–H groups in total. The number of aliphatic hydroxyl groups is 1. The Morgan fingerprint density at radius 3 is 2.68 bits per heavy atom. The molecule has 1 aromatic rings. The second-order valence-corrected chi connectivity index (χ2v) is 5.80. The van der Waals surface area contributed by atoms with Gasteiger partial charge in [-0.25, -0.2) is 0 Å². The maximum Gasteiger partial charge on any atom is 0.293 e. The van der Waals surface area contributed by atoms with Gasteiger partial charge in [-0.05, 0) is 31.4 Å². The molecule has 6 heteroatoms. The Morgan fingerprint density at radius 2 is 2.16 bits per heavy atom. The average Bonchev–Trinajstić information content (AvgIpc) is 2.25. The maximum atomic E-state index is 10.9. The third-order valence-electron chi connectivity index (χ3n) is 2.66. The maximum absolute atomic E-state index is 10.9. The lowest BCUT2D eigenvalue weighted by molar-refractivity contribution is -0.383. The Kier molecular flexibility index (Phi) is 5.14. The molecule has 0 amide bonds. The number of benzene rings is 1. The van der Waals surface area contributed by atoms with Crippen molar-refractivity contribution in [2.45, 2.75) is 32.8 Å². The molecule has 0 bridgehead atoms. The van der Waals surface area contributed by atoms with Gasteiger partial charge in [-0.3, -0.25) is 10.1 Å². The number of anilines is 1. The lowest BCUT2D eigenvalue weighted by Gasteiger charge is -2.26. The van der Waals surface area contributed by atoms with Crippen molar-refractivity contribution >= 4 is 23.0 Å². The Morgan fingerprint density at radius 1 is 1.53 bits per heavy atom. The van der Waals surface area contributed by atoms with Crippen LogP contribution in [-0.4, -0.2) is 22.2 Å². The molecule has 1 unspecified atom stereocenters. The van der Waals surface area contributed by atoms with Crippen LogP contribution < -0.4 is 5.32 Å². The number of nitro benzene ring substituents is 1. The summed E-state index contributed by atoms with van der Waals surface area (Å²) in [6.45, 7) is 5.98. The summed E-state index contributed by atoms with van der Waals surface area (Å²) in [5.74, 6) is 0.344. The summed E-state index contributed by atoms with van der Waals surface area (Å²) in [7, 11) is 0. The third-order valence-corrected chi connectivity index (χ3v) is 2.90. The summed E-state index contributed by atoms with van der Waals surface area (Å²) in [6.07, 6.45) is 0.612. The molecule has 0 saturated heterocycles. The summed E-state index contributed by atoms with van der Waals surface area (Å²) in [6, 6.07) is 4.42. The molecule has 19 heavy (non-hydrogen) atoms. The van der Waals surface area contributed by atoms with Gasteiger partial charge in [-0.2, -0.15) is 0 Å². The van der Waals surface area contributed by atoms with Crippen LogP contribution in [0.1, 0.15) is 27.2 Å². The van der Waals surface area contributed by atoms with Crippen LogP contribution in [0, 0.1) is 16.0 Å². The van der Waals surface area contributed by atoms with E-state index in [1.165, 1.54) is 6.07 Å². The van der Waals surface area contributed by atoms with E-state index in [4.69, 9.17) is 11.6 Å². The lowest BCUT2D eigenvalue weighted by atomic mass is 9.94. The summed E-state index contributed by atoms with van der Waals surface area (Å²) >= 11 is 5.74. The largest absolute Gasteiger partial charge is 0.388 e. The molecule has 0 heterocycles. The van der Waals surface area contributed by atoms with E-state index in [-0.39, 0.29) is 12.2 Å². The molecule has 0 radical (unpaired) electrons. The topological polar surface area (TPSA) is 75.4 Å². The number of nitrogens with zero attached hydrogens (tertiary/aromatic N) is 1. The summed E-state index contributed by atoms with van der Waals surface area (Å²) in [5, 5.41) is 24.3. The summed E-state index contributed by atoms with van der Waals surface area (Å²) in [4.78, 5) is 10.4. The van der Waals surface area contributed by atoms with Gasteiger partial charge in [0, 0.05) is 17.6 Å². The first kappa shape index (κ1) is 15.7. The minimum atomic E-state index is -0.915. The number of hydrogen-bond acceptors (Lipinski definition) is 4. The van der Waals surface area contributed by atoms with Crippen molar-refractivity contribution in [3.8, 4) is 0 Å². The number of rotatable bonds is 6. The highest BCUT2D eigenvalue weighted by Gasteiger charge is 2.23. The van der Waals surface area contributed by atoms with E-state index in [2.05, 4.69) is 5.32 Å². The Labute approximate surface area is 117 Å². The van der Waals surface area contributed by atoms with E-state index < -0.39 is 10.5 Å². The Balaban J connectivity index is 2.80. The van der Waals surface area contributed by atoms with Crippen molar-refractivity contribution < 1.29 is 10.0 Å². The summed E-state index contributed by atoms with van der Waals surface area (Å²) < 4.78 is 0. The van der Waals surface area contributed by atoms with Gasteiger partial charge in [0.05, 0.1) is 10.5 Å². The Bertz CT molecular complexity index is 461. The standard InChI is InChI=1S/C13H19ClN2O3/c1-9(2)7-13(3,17)8-15-11-5-4-10(14)6-12(11)16(18)19/h4-6,9,15,17H,7-8H2,1-3H3. The van der Waals surface area contributed by atoms with Crippen molar-refractivity contribution in [3.05, 3.63) is 33.3 Å². The molecule has 0 aliphatic carbocycles. The molecule has 1 aromatic carbocycles. The fraction of sp³-hybridized carbons (Fsp3) is 0.538. The zero-order chi connectivity index (χ0) is 14.6. The van der Waals surface area contributed by atoms with Gasteiger partial charge >= 0.3 is 0 Å². The third kappa shape index (κ3) is 5.04. The first-order chi connectivity index (χ1) is 8.71. The first-order valence-corrected chi connectivity index (χ1v) is 6.49. The van der Waals surface area contributed by atoms with Gasteiger partial charge in [0.1, 0.15) is 5.69 Å². The van der Waals surface area contributed by atoms with Crippen molar-refractivity contribution in [3.63, 3.8) is 0 Å². The monoisotopic (exact) mass is 286 g/mol. The van der Waals surface area contributed by atoms with Gasteiger partial charge in [-0.15, -0.1) is 0 Å². The average molecular weight is 287 g/mol. The molecule has 5 nitrogen and oxygen atoms in total. The molecule has 0 spiro atoms. The van der Waals surface area contributed by atoms with E-state index in [0.717, 1.165) is 0 Å². The minimum absolute atomic E-state index is 0.0900. The summed E-state index contributed by atoms with van der Waals surface area (Å²) in [5.41, 5.74) is -0.645. The quantitative estimate of drug-likeness (QED) is 0.620. The molecular formula is C13H19ClN2O3. The molecular weight excluding hydrogens is 268 g/mol. The molecule has 0 fully saturated rings. The van der Waals surface area contributed by atoms with Crippen molar-refractivity contribution in [2.75, 3.05) is 11.9 Å². The number of nitrogens with one attached hydrogen (secondary N) is 1. The second kappa shape index (κ2) is 6.21. The smallest absolute Gasteiger partial charge is 0.293 e. The van der Waals surface area contributed by atoms with E-state index in [9.17, 15) is 15.2 Å². The van der Waals surface area contributed by atoms with Crippen molar-refractivity contribution in [1.29, 1.82) is 0 Å². The zero-order valence-electron chi connectivity index (χ0n) is 11.3. The fourth-order valence-electron chi connectivity index (χ4n) is 2.04. The van der Waals surface area contributed by atoms with E-state index in [1.807, 2.05) is 13.8 Å². The van der Waals surface area contributed by atoms with E-state index in [1.54, 1.807) is 19.1 Å². The predicted molar refractivity (Wildman–Crippen MR) is 76.7 cm³/mol. The number of hydrogen-bond donors (Lipinski definition) is 2. The van der Waals surface area contributed by atoms with Crippen LogP contribution in [0.25, 0.3) is 0 Å². The highest BCUT2D eigenvalue weighted by molar-refractivity contribution is 6.30. The van der Waals surface area contributed by atoms with Gasteiger partial charge in [0.2, 0.25) is 0 Å². The predicted octanol–water partition coefficient (Wildman–Crippen LogP) is 3.46. The van der Waals surface area contributed by atoms with Crippen LogP contribution in [0.2, 0.25) is 5.02 Å². The van der Waals surface area contributed by atoms with Crippen LogP contribution in [0.5, 0.6) is 0 Å². The highest BCUT2D eigenvalue weighted by atomic mass is 35.5. The van der Waals surface area contributed by atoms with E-state index in [0.29, 0.717) is 23.0 Å². The molecule has 106 valence electrons. The van der Waals surface area contributed by atoms with Crippen LogP contribution >= 0.6 is 11.6 Å². The first-order valence-electron chi connectivity index (χ1n) is 6.11. The van der Waals surface area contributed by atoms with E-state index >= 15 is 0 Å². The van der Waals surface area contributed by atoms with Crippen molar-refractivity contribution in [1.82, 2.24) is 0 Å². The molecule has 1 rings (SSSR count). The van der Waals surface area contributed by atoms with Gasteiger partial charge in [0.15, 0.2) is 0 Å². The molecule has 0 aliphatic heterocycles. The van der Waals surface area contributed by atoms with Gasteiger partial charge in [0.25, 0.3) is 5.69 Å². The molecule has 0 aliphatic rings. The Hall–Kier alpha value is -1.33. The number of halogens is 1. The van der Waals surface area contributed by atoms with Gasteiger partial charge in [-0.1, -0.05) is 25.4 Å². The SMILES string of the molecule is CC(C)CC(C)(O)CNc1ccc(Cl)cc1[N+](=O)[O-]. The lowest BCUT2D eigenvalue weighted by Crippen LogP contribution is -2.35. The minimum Gasteiger partial charge on any atom is -0.388 e. The molecule has 1 atom stereocenters. The second-order valence-electron chi connectivity index (χ2n) is 5.37. The zero-order valence-corrected chi connectivity index (χ0v) is 12.1. The van der Waals surface area contributed by atoms with Crippen LogP contribution in [-0.2, 0) is 0 Å². The number of nitro groups is 1. The fourth-order valence-corrected chi connectivity index (χ4v) is 2.21.